The Hall–Kier alpha value is -2.47. The lowest BCUT2D eigenvalue weighted by molar-refractivity contribution is -0.115. The van der Waals surface area contributed by atoms with Crippen LogP contribution in [0.25, 0.3) is 0 Å². The summed E-state index contributed by atoms with van der Waals surface area (Å²) in [6.45, 7) is 2.39. The molecule has 2 amide bonds. The zero-order chi connectivity index (χ0) is 17.4. The van der Waals surface area contributed by atoms with Crippen LogP contribution in [0.3, 0.4) is 0 Å². The third-order valence-electron chi connectivity index (χ3n) is 3.27. The van der Waals surface area contributed by atoms with Crippen LogP contribution in [0.5, 0.6) is 5.75 Å². The van der Waals surface area contributed by atoms with Crippen LogP contribution in [0.1, 0.15) is 17.3 Å². The number of rotatable bonds is 8. The third-order valence-corrected chi connectivity index (χ3v) is 4.39. The number of thioether (sulfide) groups is 1. The normalized spacial score (nSPS) is 11.5. The maximum absolute atomic E-state index is 12.1. The van der Waals surface area contributed by atoms with Crippen molar-refractivity contribution in [3.63, 3.8) is 0 Å². The van der Waals surface area contributed by atoms with Gasteiger partial charge in [0.25, 0.3) is 0 Å². The highest BCUT2D eigenvalue weighted by Crippen LogP contribution is 2.16. The molecule has 3 N–H and O–H groups in total. The molecule has 0 radical (unpaired) electrons. The molecule has 2 rings (SSSR count). The SMILES string of the molecule is C[C@H](SCCOc1ccccc1)C(=O)Nc1ccc(C(N)=O)cc1. The van der Waals surface area contributed by atoms with Crippen LogP contribution in [0.4, 0.5) is 5.69 Å². The van der Waals surface area contributed by atoms with E-state index in [0.717, 1.165) is 5.75 Å². The van der Waals surface area contributed by atoms with E-state index in [2.05, 4.69) is 5.32 Å². The van der Waals surface area contributed by atoms with Crippen LogP contribution in [0, 0.1) is 0 Å². The molecule has 1 atom stereocenters. The Morgan fingerprint density at radius 2 is 1.79 bits per heavy atom. The molecule has 0 unspecified atom stereocenters. The Morgan fingerprint density at radius 3 is 2.42 bits per heavy atom. The van der Waals surface area contributed by atoms with E-state index in [-0.39, 0.29) is 11.2 Å². The zero-order valence-electron chi connectivity index (χ0n) is 13.4. The third kappa shape index (κ3) is 5.62. The van der Waals surface area contributed by atoms with Crippen LogP contribution in [-0.2, 0) is 4.79 Å². The standard InChI is InChI=1S/C18H20N2O3S/c1-13(24-12-11-23-16-5-3-2-4-6-16)18(22)20-15-9-7-14(8-10-15)17(19)21/h2-10,13H,11-12H2,1H3,(H2,19,21)(H,20,22)/t13-/m0/s1. The Bertz CT molecular complexity index is 674. The number of hydrogen-bond acceptors (Lipinski definition) is 4. The van der Waals surface area contributed by atoms with Crippen molar-refractivity contribution in [2.75, 3.05) is 17.7 Å². The summed E-state index contributed by atoms with van der Waals surface area (Å²) in [5.74, 6) is 0.955. The number of nitrogens with two attached hydrogens (primary N) is 1. The van der Waals surface area contributed by atoms with E-state index >= 15 is 0 Å². The van der Waals surface area contributed by atoms with Gasteiger partial charge >= 0.3 is 0 Å². The Labute approximate surface area is 145 Å². The maximum atomic E-state index is 12.1. The van der Waals surface area contributed by atoms with Crippen molar-refractivity contribution in [2.45, 2.75) is 12.2 Å². The molecule has 0 aliphatic rings. The topological polar surface area (TPSA) is 81.4 Å². The molecule has 0 heterocycles. The smallest absolute Gasteiger partial charge is 0.248 e. The fraction of sp³-hybridized carbons (Fsp3) is 0.222. The molecular formula is C18H20N2O3S. The number of ether oxygens (including phenoxy) is 1. The monoisotopic (exact) mass is 344 g/mol. The molecule has 0 saturated carbocycles. The largest absolute Gasteiger partial charge is 0.493 e. The van der Waals surface area contributed by atoms with Gasteiger partial charge in [0.2, 0.25) is 11.8 Å². The number of hydrogen-bond donors (Lipinski definition) is 2. The van der Waals surface area contributed by atoms with E-state index in [4.69, 9.17) is 10.5 Å². The number of anilines is 1. The van der Waals surface area contributed by atoms with E-state index in [9.17, 15) is 9.59 Å². The Kier molecular flexibility index (Phi) is 6.69. The molecule has 0 bridgehead atoms. The lowest BCUT2D eigenvalue weighted by atomic mass is 10.2. The number of amides is 2. The molecule has 2 aromatic carbocycles. The summed E-state index contributed by atoms with van der Waals surface area (Å²) in [5, 5.41) is 2.61. The first-order valence-electron chi connectivity index (χ1n) is 7.56. The minimum Gasteiger partial charge on any atom is -0.493 e. The second kappa shape index (κ2) is 8.98. The lowest BCUT2D eigenvalue weighted by Gasteiger charge is -2.12. The highest BCUT2D eigenvalue weighted by molar-refractivity contribution is 8.00. The van der Waals surface area contributed by atoms with Crippen LogP contribution in [0.2, 0.25) is 0 Å². The first-order chi connectivity index (χ1) is 11.6. The van der Waals surface area contributed by atoms with Crippen molar-refractivity contribution < 1.29 is 14.3 Å². The van der Waals surface area contributed by atoms with Crippen LogP contribution < -0.4 is 15.8 Å². The van der Waals surface area contributed by atoms with Crippen LogP contribution >= 0.6 is 11.8 Å². The van der Waals surface area contributed by atoms with Gasteiger partial charge in [-0.25, -0.2) is 0 Å². The van der Waals surface area contributed by atoms with E-state index < -0.39 is 5.91 Å². The number of carbonyl (C=O) groups excluding carboxylic acids is 2. The summed E-state index contributed by atoms with van der Waals surface area (Å²) < 4.78 is 5.59. The second-order valence-corrected chi connectivity index (χ2v) is 6.55. The van der Waals surface area contributed by atoms with Crippen molar-refractivity contribution in [3.8, 4) is 5.75 Å². The first kappa shape index (κ1) is 17.9. The molecule has 6 heteroatoms. The molecule has 0 aliphatic carbocycles. The number of primary amides is 1. The predicted molar refractivity (Wildman–Crippen MR) is 97.4 cm³/mol. The van der Waals surface area contributed by atoms with Crippen molar-refractivity contribution in [1.29, 1.82) is 0 Å². The fourth-order valence-corrected chi connectivity index (χ4v) is 2.68. The van der Waals surface area contributed by atoms with Gasteiger partial charge < -0.3 is 15.8 Å². The number of para-hydroxylation sites is 1. The molecule has 0 aliphatic heterocycles. The van der Waals surface area contributed by atoms with E-state index in [0.29, 0.717) is 23.6 Å². The molecule has 0 fully saturated rings. The van der Waals surface area contributed by atoms with E-state index in [1.807, 2.05) is 37.3 Å². The molecule has 5 nitrogen and oxygen atoms in total. The van der Waals surface area contributed by atoms with Crippen molar-refractivity contribution in [1.82, 2.24) is 0 Å². The Balaban J connectivity index is 1.72. The Morgan fingerprint density at radius 1 is 1.12 bits per heavy atom. The van der Waals surface area contributed by atoms with Gasteiger partial charge in [0, 0.05) is 17.0 Å². The van der Waals surface area contributed by atoms with Crippen LogP contribution in [-0.4, -0.2) is 29.4 Å². The molecule has 24 heavy (non-hydrogen) atoms. The van der Waals surface area contributed by atoms with Crippen molar-refractivity contribution in [3.05, 3.63) is 60.2 Å². The van der Waals surface area contributed by atoms with Gasteiger partial charge in [-0.2, -0.15) is 0 Å². The molecule has 0 aromatic heterocycles. The number of nitrogens with one attached hydrogen (secondary N) is 1. The highest BCUT2D eigenvalue weighted by atomic mass is 32.2. The minimum atomic E-state index is -0.491. The van der Waals surface area contributed by atoms with Gasteiger partial charge in [-0.3, -0.25) is 9.59 Å². The summed E-state index contributed by atoms with van der Waals surface area (Å²) in [6, 6.07) is 16.1. The second-order valence-electron chi connectivity index (χ2n) is 5.11. The van der Waals surface area contributed by atoms with Gasteiger partial charge in [0.05, 0.1) is 11.9 Å². The fourth-order valence-electron chi connectivity index (χ4n) is 1.94. The van der Waals surface area contributed by atoms with Gasteiger partial charge in [-0.1, -0.05) is 18.2 Å². The van der Waals surface area contributed by atoms with E-state index in [1.54, 1.807) is 24.3 Å². The summed E-state index contributed by atoms with van der Waals surface area (Å²) in [6.07, 6.45) is 0. The highest BCUT2D eigenvalue weighted by Gasteiger charge is 2.13. The quantitative estimate of drug-likeness (QED) is 0.722. The predicted octanol–water partition coefficient (Wildman–Crippen LogP) is 2.92. The minimum absolute atomic E-state index is 0.0912. The number of carbonyl (C=O) groups is 2. The van der Waals surface area contributed by atoms with Crippen molar-refractivity contribution >= 4 is 29.3 Å². The van der Waals surface area contributed by atoms with Gasteiger partial charge in [-0.15, -0.1) is 11.8 Å². The van der Waals surface area contributed by atoms with Crippen LogP contribution in [0.15, 0.2) is 54.6 Å². The summed E-state index contributed by atoms with van der Waals surface area (Å²) in [5.41, 5.74) is 6.23. The zero-order valence-corrected chi connectivity index (χ0v) is 14.2. The molecule has 0 spiro atoms. The molecular weight excluding hydrogens is 324 g/mol. The van der Waals surface area contributed by atoms with Gasteiger partial charge in [0.1, 0.15) is 5.75 Å². The lowest BCUT2D eigenvalue weighted by Crippen LogP contribution is -2.23. The molecule has 126 valence electrons. The first-order valence-corrected chi connectivity index (χ1v) is 8.61. The maximum Gasteiger partial charge on any atom is 0.248 e. The average molecular weight is 344 g/mol. The summed E-state index contributed by atoms with van der Waals surface area (Å²) >= 11 is 1.52. The van der Waals surface area contributed by atoms with E-state index in [1.165, 1.54) is 11.8 Å². The average Bonchev–Trinajstić information content (AvgIpc) is 2.60. The van der Waals surface area contributed by atoms with Crippen molar-refractivity contribution in [2.24, 2.45) is 5.73 Å². The van der Waals surface area contributed by atoms with Gasteiger partial charge in [-0.05, 0) is 43.3 Å². The van der Waals surface area contributed by atoms with Gasteiger partial charge in [0.15, 0.2) is 0 Å². The number of benzene rings is 2. The molecule has 2 aromatic rings. The summed E-state index contributed by atoms with van der Waals surface area (Å²) in [4.78, 5) is 23.1. The summed E-state index contributed by atoms with van der Waals surface area (Å²) in [7, 11) is 0. The molecule has 0 saturated heterocycles.